The molecule has 1 heterocycles. The molecule has 1 saturated heterocycles. The molecule has 0 amide bonds. The molecule has 4 nitrogen and oxygen atoms in total. The summed E-state index contributed by atoms with van der Waals surface area (Å²) in [4.78, 5) is 2.07. The van der Waals surface area contributed by atoms with Gasteiger partial charge in [-0.3, -0.25) is 5.32 Å². The maximum Gasteiger partial charge on any atom is 0.139 e. The van der Waals surface area contributed by atoms with Gasteiger partial charge in [-0.1, -0.05) is 35.3 Å². The molecule has 6 heteroatoms. The summed E-state index contributed by atoms with van der Waals surface area (Å²) in [6.07, 6.45) is -0.164. The molecular formula is C18H20Cl2N2O2. The van der Waals surface area contributed by atoms with E-state index >= 15 is 0 Å². The van der Waals surface area contributed by atoms with Gasteiger partial charge in [0.15, 0.2) is 0 Å². The summed E-state index contributed by atoms with van der Waals surface area (Å²) >= 11 is 12.1. The van der Waals surface area contributed by atoms with Gasteiger partial charge in [-0.05, 0) is 29.8 Å². The highest BCUT2D eigenvalue weighted by Gasteiger charge is 2.26. The molecule has 0 unspecified atom stereocenters. The highest BCUT2D eigenvalue weighted by atomic mass is 35.5. The van der Waals surface area contributed by atoms with E-state index in [4.69, 9.17) is 32.7 Å². The van der Waals surface area contributed by atoms with E-state index in [-0.39, 0.29) is 12.3 Å². The second kappa shape index (κ2) is 7.62. The van der Waals surface area contributed by atoms with Crippen molar-refractivity contribution in [3.63, 3.8) is 0 Å². The molecular weight excluding hydrogens is 347 g/mol. The van der Waals surface area contributed by atoms with E-state index in [1.54, 1.807) is 18.2 Å². The van der Waals surface area contributed by atoms with Crippen molar-refractivity contribution in [2.45, 2.75) is 12.3 Å². The number of halogens is 2. The molecule has 1 fully saturated rings. The third-order valence-corrected chi connectivity index (χ3v) is 4.44. The van der Waals surface area contributed by atoms with Gasteiger partial charge in [0, 0.05) is 37.4 Å². The average Bonchev–Trinajstić information content (AvgIpc) is 3.05. The second-order valence-corrected chi connectivity index (χ2v) is 6.76. The van der Waals surface area contributed by atoms with E-state index in [1.165, 1.54) is 0 Å². The lowest BCUT2D eigenvalue weighted by Crippen LogP contribution is -2.22. The number of nitrogens with zero attached hydrogens (tertiary/aromatic N) is 1. The maximum absolute atomic E-state index is 6.10. The van der Waals surface area contributed by atoms with Crippen molar-refractivity contribution in [1.29, 1.82) is 0 Å². The van der Waals surface area contributed by atoms with Crippen LogP contribution in [-0.2, 0) is 4.74 Å². The van der Waals surface area contributed by atoms with E-state index < -0.39 is 0 Å². The van der Waals surface area contributed by atoms with Gasteiger partial charge in [0.2, 0.25) is 0 Å². The van der Waals surface area contributed by atoms with Crippen LogP contribution in [0.5, 0.6) is 5.75 Å². The van der Waals surface area contributed by atoms with E-state index in [0.717, 1.165) is 17.8 Å². The average molecular weight is 367 g/mol. The smallest absolute Gasteiger partial charge is 0.139 e. The van der Waals surface area contributed by atoms with Gasteiger partial charge in [-0.15, -0.1) is 0 Å². The second-order valence-electron chi connectivity index (χ2n) is 5.92. The van der Waals surface area contributed by atoms with Gasteiger partial charge in [0.25, 0.3) is 0 Å². The molecule has 0 spiro atoms. The van der Waals surface area contributed by atoms with Crippen LogP contribution in [0.25, 0.3) is 0 Å². The van der Waals surface area contributed by atoms with Crippen LogP contribution in [-0.4, -0.2) is 33.4 Å². The molecule has 2 aromatic carbocycles. The minimum atomic E-state index is -0.121. The van der Waals surface area contributed by atoms with Crippen molar-refractivity contribution in [1.82, 2.24) is 5.32 Å². The van der Waals surface area contributed by atoms with Gasteiger partial charge < -0.3 is 14.4 Å². The molecule has 1 N–H and O–H groups in total. The Morgan fingerprint density at radius 2 is 1.92 bits per heavy atom. The Bertz CT molecular complexity index is 692. The van der Waals surface area contributed by atoms with Crippen molar-refractivity contribution >= 4 is 28.9 Å². The van der Waals surface area contributed by atoms with Crippen molar-refractivity contribution in [3.8, 4) is 5.75 Å². The summed E-state index contributed by atoms with van der Waals surface area (Å²) in [5.41, 5.74) is 2.26. The SMILES string of the molecule is CN(C)c1ccc([C@@H]2NC[C@H](COc3cc(Cl)ccc3Cl)O2)cc1. The Morgan fingerprint density at radius 3 is 2.62 bits per heavy atom. The summed E-state index contributed by atoms with van der Waals surface area (Å²) in [5.74, 6) is 0.576. The molecule has 0 bridgehead atoms. The molecule has 3 rings (SSSR count). The quantitative estimate of drug-likeness (QED) is 0.862. The van der Waals surface area contributed by atoms with E-state index in [9.17, 15) is 0 Å². The highest BCUT2D eigenvalue weighted by molar-refractivity contribution is 6.34. The maximum atomic E-state index is 6.10. The highest BCUT2D eigenvalue weighted by Crippen LogP contribution is 2.29. The fourth-order valence-corrected chi connectivity index (χ4v) is 2.87. The van der Waals surface area contributed by atoms with Gasteiger partial charge in [-0.2, -0.15) is 0 Å². The summed E-state index contributed by atoms with van der Waals surface area (Å²) < 4.78 is 11.8. The number of anilines is 1. The first-order chi connectivity index (χ1) is 11.5. The minimum Gasteiger partial charge on any atom is -0.489 e. The fraction of sp³-hybridized carbons (Fsp3) is 0.333. The summed E-state index contributed by atoms with van der Waals surface area (Å²) in [7, 11) is 4.04. The van der Waals surface area contributed by atoms with Crippen LogP contribution in [0, 0.1) is 0 Å². The third kappa shape index (κ3) is 4.14. The summed E-state index contributed by atoms with van der Waals surface area (Å²) in [6, 6.07) is 13.5. The predicted octanol–water partition coefficient (Wildman–Crippen LogP) is 4.13. The van der Waals surface area contributed by atoms with Crippen LogP contribution in [0.3, 0.4) is 0 Å². The third-order valence-electron chi connectivity index (χ3n) is 3.89. The van der Waals surface area contributed by atoms with Crippen LogP contribution in [0.15, 0.2) is 42.5 Å². The molecule has 24 heavy (non-hydrogen) atoms. The fourth-order valence-electron chi connectivity index (χ4n) is 2.54. The topological polar surface area (TPSA) is 33.7 Å². The molecule has 1 aliphatic rings. The lowest BCUT2D eigenvalue weighted by Gasteiger charge is -2.16. The molecule has 1 aliphatic heterocycles. The molecule has 0 aromatic heterocycles. The molecule has 2 aromatic rings. The Hall–Kier alpha value is -1.46. The number of hydrogen-bond donors (Lipinski definition) is 1. The van der Waals surface area contributed by atoms with Crippen LogP contribution < -0.4 is 15.0 Å². The minimum absolute atomic E-state index is 0.0430. The summed E-state index contributed by atoms with van der Waals surface area (Å²) in [5, 5.41) is 4.50. The summed E-state index contributed by atoms with van der Waals surface area (Å²) in [6.45, 7) is 1.14. The Kier molecular flexibility index (Phi) is 5.51. The standard InChI is InChI=1S/C18H20Cl2N2O2/c1-22(2)14-6-3-12(4-7-14)18-21-10-15(24-18)11-23-17-9-13(19)5-8-16(17)20/h3-9,15,18,21H,10-11H2,1-2H3/t15-,18-/m1/s1. The van der Waals surface area contributed by atoms with Crippen molar-refractivity contribution in [2.24, 2.45) is 0 Å². The first-order valence-corrected chi connectivity index (χ1v) is 8.52. The van der Waals surface area contributed by atoms with Gasteiger partial charge in [-0.25, -0.2) is 0 Å². The molecule has 128 valence electrons. The zero-order chi connectivity index (χ0) is 17.1. The molecule has 0 radical (unpaired) electrons. The van der Waals surface area contributed by atoms with Crippen molar-refractivity contribution in [2.75, 3.05) is 32.1 Å². The Balaban J connectivity index is 1.56. The zero-order valence-corrected chi connectivity index (χ0v) is 15.1. The predicted molar refractivity (Wildman–Crippen MR) is 98.3 cm³/mol. The van der Waals surface area contributed by atoms with Crippen molar-refractivity contribution < 1.29 is 9.47 Å². The number of rotatable bonds is 5. The van der Waals surface area contributed by atoms with E-state index in [2.05, 4.69) is 34.5 Å². The number of hydrogen-bond acceptors (Lipinski definition) is 4. The molecule has 0 aliphatic carbocycles. The van der Waals surface area contributed by atoms with Crippen LogP contribution in [0.4, 0.5) is 5.69 Å². The van der Waals surface area contributed by atoms with E-state index in [0.29, 0.717) is 22.4 Å². The first kappa shape index (κ1) is 17.4. The van der Waals surface area contributed by atoms with Gasteiger partial charge >= 0.3 is 0 Å². The van der Waals surface area contributed by atoms with Crippen molar-refractivity contribution in [3.05, 3.63) is 58.1 Å². The van der Waals surface area contributed by atoms with E-state index in [1.807, 2.05) is 14.1 Å². The molecule has 0 saturated carbocycles. The Labute approximate surface area is 152 Å². The number of benzene rings is 2. The lowest BCUT2D eigenvalue weighted by atomic mass is 10.2. The van der Waals surface area contributed by atoms with Gasteiger partial charge in [0.1, 0.15) is 24.7 Å². The largest absolute Gasteiger partial charge is 0.489 e. The zero-order valence-electron chi connectivity index (χ0n) is 13.6. The van der Waals surface area contributed by atoms with Crippen LogP contribution in [0.2, 0.25) is 10.0 Å². The number of ether oxygens (including phenoxy) is 2. The van der Waals surface area contributed by atoms with Gasteiger partial charge in [0.05, 0.1) is 5.02 Å². The Morgan fingerprint density at radius 1 is 1.17 bits per heavy atom. The monoisotopic (exact) mass is 366 g/mol. The number of nitrogens with one attached hydrogen (secondary N) is 1. The van der Waals surface area contributed by atoms with Crippen LogP contribution >= 0.6 is 23.2 Å². The lowest BCUT2D eigenvalue weighted by molar-refractivity contribution is 0.0159. The first-order valence-electron chi connectivity index (χ1n) is 7.77. The molecule has 2 atom stereocenters. The normalized spacial score (nSPS) is 20.2. The van der Waals surface area contributed by atoms with Crippen LogP contribution in [0.1, 0.15) is 11.8 Å².